The standard InChI is InChI=1S/C11H16N4/c12-15-11-6-9(8-3-4-8)13-10(14-11)5-7-1-2-7/h6-8H,1-5,12H2,(H,13,14,15). The summed E-state index contributed by atoms with van der Waals surface area (Å²) in [5.41, 5.74) is 3.81. The van der Waals surface area contributed by atoms with Crippen LogP contribution in [-0.4, -0.2) is 9.97 Å². The van der Waals surface area contributed by atoms with Crippen LogP contribution in [0.2, 0.25) is 0 Å². The van der Waals surface area contributed by atoms with Crippen molar-refractivity contribution in [1.29, 1.82) is 0 Å². The van der Waals surface area contributed by atoms with Crippen LogP contribution in [0.3, 0.4) is 0 Å². The van der Waals surface area contributed by atoms with E-state index in [0.29, 0.717) is 5.92 Å². The molecule has 2 aliphatic rings. The van der Waals surface area contributed by atoms with Gasteiger partial charge in [0, 0.05) is 24.1 Å². The van der Waals surface area contributed by atoms with Gasteiger partial charge in [-0.25, -0.2) is 15.8 Å². The molecule has 0 saturated heterocycles. The highest BCUT2D eigenvalue weighted by molar-refractivity contribution is 5.36. The number of nitrogen functional groups attached to an aromatic ring is 1. The molecule has 0 atom stereocenters. The lowest BCUT2D eigenvalue weighted by atomic mass is 10.2. The second-order valence-electron chi connectivity index (χ2n) is 4.66. The van der Waals surface area contributed by atoms with Gasteiger partial charge in [-0.3, -0.25) is 0 Å². The summed E-state index contributed by atoms with van der Waals surface area (Å²) in [7, 11) is 0. The average molecular weight is 204 g/mol. The molecule has 1 aromatic rings. The monoisotopic (exact) mass is 204 g/mol. The van der Waals surface area contributed by atoms with Crippen molar-refractivity contribution >= 4 is 5.82 Å². The minimum Gasteiger partial charge on any atom is -0.308 e. The first kappa shape index (κ1) is 9.09. The topological polar surface area (TPSA) is 63.8 Å². The van der Waals surface area contributed by atoms with Gasteiger partial charge in [0.25, 0.3) is 0 Å². The first-order chi connectivity index (χ1) is 7.35. The molecule has 2 saturated carbocycles. The summed E-state index contributed by atoms with van der Waals surface area (Å²) in [4.78, 5) is 9.01. The summed E-state index contributed by atoms with van der Waals surface area (Å²) < 4.78 is 0. The smallest absolute Gasteiger partial charge is 0.143 e. The number of nitrogens with zero attached hydrogens (tertiary/aromatic N) is 2. The molecule has 0 spiro atoms. The summed E-state index contributed by atoms with van der Waals surface area (Å²) >= 11 is 0. The van der Waals surface area contributed by atoms with Gasteiger partial charge in [0.2, 0.25) is 0 Å². The molecule has 0 aromatic carbocycles. The van der Waals surface area contributed by atoms with Crippen molar-refractivity contribution in [3.63, 3.8) is 0 Å². The normalized spacial score (nSPS) is 20.3. The summed E-state index contributed by atoms with van der Waals surface area (Å²) in [5.74, 6) is 8.64. The minimum atomic E-state index is 0.665. The fraction of sp³-hybridized carbons (Fsp3) is 0.636. The highest BCUT2D eigenvalue weighted by Crippen LogP contribution is 2.40. The molecule has 0 radical (unpaired) electrons. The molecule has 4 heteroatoms. The van der Waals surface area contributed by atoms with Gasteiger partial charge in [-0.2, -0.15) is 0 Å². The second kappa shape index (κ2) is 3.45. The number of aromatic nitrogens is 2. The van der Waals surface area contributed by atoms with E-state index in [4.69, 9.17) is 5.84 Å². The molecule has 2 aliphatic carbocycles. The molecule has 80 valence electrons. The van der Waals surface area contributed by atoms with Gasteiger partial charge in [0.05, 0.1) is 0 Å². The number of nitrogens with two attached hydrogens (primary N) is 1. The van der Waals surface area contributed by atoms with Crippen LogP contribution in [0.5, 0.6) is 0 Å². The van der Waals surface area contributed by atoms with Crippen LogP contribution in [-0.2, 0) is 6.42 Å². The first-order valence-electron chi connectivity index (χ1n) is 5.69. The quantitative estimate of drug-likeness (QED) is 0.577. The maximum Gasteiger partial charge on any atom is 0.143 e. The van der Waals surface area contributed by atoms with Crippen LogP contribution in [0, 0.1) is 5.92 Å². The van der Waals surface area contributed by atoms with Gasteiger partial charge < -0.3 is 5.43 Å². The number of hydrazine groups is 1. The van der Waals surface area contributed by atoms with Gasteiger partial charge in [-0.05, 0) is 31.6 Å². The Hall–Kier alpha value is -1.16. The van der Waals surface area contributed by atoms with E-state index >= 15 is 0 Å². The maximum atomic E-state index is 5.41. The number of hydrogen-bond donors (Lipinski definition) is 2. The van der Waals surface area contributed by atoms with E-state index in [2.05, 4.69) is 15.4 Å². The Balaban J connectivity index is 1.86. The van der Waals surface area contributed by atoms with Gasteiger partial charge in [-0.15, -0.1) is 0 Å². The predicted octanol–water partition coefficient (Wildman–Crippen LogP) is 1.59. The van der Waals surface area contributed by atoms with E-state index in [-0.39, 0.29) is 0 Å². The third-order valence-corrected chi connectivity index (χ3v) is 3.10. The molecule has 15 heavy (non-hydrogen) atoms. The van der Waals surface area contributed by atoms with Crippen molar-refractivity contribution in [2.45, 2.75) is 38.0 Å². The Labute approximate surface area is 89.3 Å². The zero-order chi connectivity index (χ0) is 10.3. The van der Waals surface area contributed by atoms with Crippen LogP contribution in [0.15, 0.2) is 6.07 Å². The van der Waals surface area contributed by atoms with E-state index in [9.17, 15) is 0 Å². The fourth-order valence-corrected chi connectivity index (χ4v) is 1.85. The molecular formula is C11H16N4. The number of rotatable bonds is 4. The molecule has 0 aliphatic heterocycles. The lowest BCUT2D eigenvalue weighted by Crippen LogP contribution is -2.11. The van der Waals surface area contributed by atoms with Crippen molar-refractivity contribution in [1.82, 2.24) is 9.97 Å². The van der Waals surface area contributed by atoms with Crippen LogP contribution in [0.4, 0.5) is 5.82 Å². The molecule has 2 fully saturated rings. The molecule has 3 rings (SSSR count). The lowest BCUT2D eigenvalue weighted by Gasteiger charge is -2.06. The van der Waals surface area contributed by atoms with Crippen molar-refractivity contribution in [3.05, 3.63) is 17.6 Å². The molecule has 0 bridgehead atoms. The van der Waals surface area contributed by atoms with Crippen molar-refractivity contribution < 1.29 is 0 Å². The largest absolute Gasteiger partial charge is 0.308 e. The molecular weight excluding hydrogens is 188 g/mol. The van der Waals surface area contributed by atoms with Crippen molar-refractivity contribution in [2.24, 2.45) is 11.8 Å². The lowest BCUT2D eigenvalue weighted by molar-refractivity contribution is 0.757. The fourth-order valence-electron chi connectivity index (χ4n) is 1.85. The van der Waals surface area contributed by atoms with E-state index < -0.39 is 0 Å². The van der Waals surface area contributed by atoms with Gasteiger partial charge in [0.1, 0.15) is 11.6 Å². The SMILES string of the molecule is NNc1cc(C2CC2)nc(CC2CC2)n1. The predicted molar refractivity (Wildman–Crippen MR) is 58.2 cm³/mol. The van der Waals surface area contributed by atoms with Crippen LogP contribution >= 0.6 is 0 Å². The van der Waals surface area contributed by atoms with Crippen molar-refractivity contribution in [3.8, 4) is 0 Å². The number of hydrogen-bond acceptors (Lipinski definition) is 4. The van der Waals surface area contributed by atoms with Gasteiger partial charge in [-0.1, -0.05) is 0 Å². The molecule has 0 unspecified atom stereocenters. The Morgan fingerprint density at radius 2 is 2.07 bits per heavy atom. The van der Waals surface area contributed by atoms with Crippen LogP contribution < -0.4 is 11.3 Å². The van der Waals surface area contributed by atoms with Gasteiger partial charge in [0.15, 0.2) is 0 Å². The Morgan fingerprint density at radius 3 is 2.67 bits per heavy atom. The molecule has 1 aromatic heterocycles. The van der Waals surface area contributed by atoms with E-state index in [1.165, 1.54) is 31.4 Å². The van der Waals surface area contributed by atoms with E-state index in [1.807, 2.05) is 6.07 Å². The summed E-state index contributed by atoms with van der Waals surface area (Å²) in [5, 5.41) is 0. The van der Waals surface area contributed by atoms with E-state index in [0.717, 1.165) is 24.0 Å². The first-order valence-corrected chi connectivity index (χ1v) is 5.69. The second-order valence-corrected chi connectivity index (χ2v) is 4.66. The number of anilines is 1. The summed E-state index contributed by atoms with van der Waals surface area (Å²) in [6.45, 7) is 0. The summed E-state index contributed by atoms with van der Waals surface area (Å²) in [6, 6.07) is 1.98. The Bertz CT molecular complexity index is 369. The third-order valence-electron chi connectivity index (χ3n) is 3.10. The highest BCUT2D eigenvalue weighted by Gasteiger charge is 2.28. The molecule has 4 nitrogen and oxygen atoms in total. The average Bonchev–Trinajstić information content (AvgIpc) is 3.10. The zero-order valence-corrected chi connectivity index (χ0v) is 8.74. The third kappa shape index (κ3) is 2.09. The van der Waals surface area contributed by atoms with Crippen LogP contribution in [0.1, 0.15) is 43.1 Å². The highest BCUT2D eigenvalue weighted by atomic mass is 15.3. The van der Waals surface area contributed by atoms with E-state index in [1.54, 1.807) is 0 Å². The maximum absolute atomic E-state index is 5.41. The Kier molecular flexibility index (Phi) is 2.09. The molecule has 1 heterocycles. The molecule has 0 amide bonds. The van der Waals surface area contributed by atoms with Gasteiger partial charge >= 0.3 is 0 Å². The number of nitrogens with one attached hydrogen (secondary N) is 1. The Morgan fingerprint density at radius 1 is 1.27 bits per heavy atom. The van der Waals surface area contributed by atoms with Crippen molar-refractivity contribution in [2.75, 3.05) is 5.43 Å². The minimum absolute atomic E-state index is 0.665. The zero-order valence-electron chi connectivity index (χ0n) is 8.74. The van der Waals surface area contributed by atoms with Crippen LogP contribution in [0.25, 0.3) is 0 Å². The molecule has 3 N–H and O–H groups in total. The summed E-state index contributed by atoms with van der Waals surface area (Å²) in [6.07, 6.45) is 6.23.